The van der Waals surface area contributed by atoms with E-state index < -0.39 is 10.0 Å². The third kappa shape index (κ3) is 4.06. The van der Waals surface area contributed by atoms with Crippen LogP contribution in [0.5, 0.6) is 0 Å². The Labute approximate surface area is 150 Å². The zero-order chi connectivity index (χ0) is 18.0. The number of benzene rings is 1. The third-order valence-electron chi connectivity index (χ3n) is 5.38. The Hall–Kier alpha value is -1.40. The number of nitrogens with one attached hydrogen (secondary N) is 1. The van der Waals surface area contributed by atoms with Crippen molar-refractivity contribution in [1.29, 1.82) is 0 Å². The van der Waals surface area contributed by atoms with E-state index in [2.05, 4.69) is 11.6 Å². The van der Waals surface area contributed by atoms with E-state index in [1.54, 1.807) is 12.1 Å². The summed E-state index contributed by atoms with van der Waals surface area (Å²) >= 11 is 0. The first-order chi connectivity index (χ1) is 11.9. The van der Waals surface area contributed by atoms with Gasteiger partial charge in [0.25, 0.3) is 0 Å². The van der Waals surface area contributed by atoms with Crippen molar-refractivity contribution in [3.8, 4) is 0 Å². The molecule has 1 aliphatic heterocycles. The second-order valence-electron chi connectivity index (χ2n) is 7.38. The minimum Gasteiger partial charge on any atom is -0.338 e. The molecule has 25 heavy (non-hydrogen) atoms. The van der Waals surface area contributed by atoms with Gasteiger partial charge in [0.1, 0.15) is 0 Å². The van der Waals surface area contributed by atoms with Crippen molar-refractivity contribution in [1.82, 2.24) is 9.62 Å². The van der Waals surface area contributed by atoms with Gasteiger partial charge in [-0.2, -0.15) is 0 Å². The quantitative estimate of drug-likeness (QED) is 0.844. The summed E-state index contributed by atoms with van der Waals surface area (Å²) < 4.78 is 27.9. The Bertz CT molecular complexity index is 741. The van der Waals surface area contributed by atoms with Crippen LogP contribution in [0.1, 0.15) is 57.1 Å². The van der Waals surface area contributed by atoms with E-state index in [9.17, 15) is 13.2 Å². The Balaban J connectivity index is 1.76. The van der Waals surface area contributed by atoms with Crippen molar-refractivity contribution in [2.75, 3.05) is 6.54 Å². The highest BCUT2D eigenvalue weighted by Crippen LogP contribution is 2.26. The molecule has 3 rings (SSSR count). The largest absolute Gasteiger partial charge is 0.338 e. The molecule has 0 radical (unpaired) electrons. The molecule has 1 aromatic carbocycles. The molecule has 1 unspecified atom stereocenters. The molecule has 0 bridgehead atoms. The Morgan fingerprint density at radius 1 is 1.32 bits per heavy atom. The molecule has 1 amide bonds. The molecule has 1 fully saturated rings. The van der Waals surface area contributed by atoms with Crippen LogP contribution >= 0.6 is 0 Å². The fourth-order valence-corrected chi connectivity index (χ4v) is 4.93. The van der Waals surface area contributed by atoms with E-state index in [-0.39, 0.29) is 17.9 Å². The number of sulfonamides is 1. The van der Waals surface area contributed by atoms with E-state index in [4.69, 9.17) is 0 Å². The van der Waals surface area contributed by atoms with Crippen LogP contribution in [-0.4, -0.2) is 31.8 Å². The standard InChI is InChI=1S/C19H28N2O3S/c1-3-5-14(2)19(22)21-11-10-15-8-9-18(12-16(15)13-21)25(23,24)20-17-6-4-7-17/h8-9,12,14,17,20H,3-7,10-11,13H2,1-2H3. The maximum Gasteiger partial charge on any atom is 0.240 e. The van der Waals surface area contributed by atoms with Crippen LogP contribution in [0.2, 0.25) is 0 Å². The summed E-state index contributed by atoms with van der Waals surface area (Å²) in [6.45, 7) is 5.29. The molecular formula is C19H28N2O3S. The SMILES string of the molecule is CCCC(C)C(=O)N1CCc2ccc(S(=O)(=O)NC3CCC3)cc2C1. The molecular weight excluding hydrogens is 336 g/mol. The van der Waals surface area contributed by atoms with E-state index in [0.29, 0.717) is 18.0 Å². The summed E-state index contributed by atoms with van der Waals surface area (Å²) in [6, 6.07) is 5.42. The lowest BCUT2D eigenvalue weighted by molar-refractivity contribution is -0.136. The van der Waals surface area contributed by atoms with Crippen molar-refractivity contribution in [2.45, 2.75) is 69.9 Å². The number of amides is 1. The highest BCUT2D eigenvalue weighted by molar-refractivity contribution is 7.89. The van der Waals surface area contributed by atoms with Gasteiger partial charge in [-0.15, -0.1) is 0 Å². The Morgan fingerprint density at radius 2 is 2.08 bits per heavy atom. The van der Waals surface area contributed by atoms with Gasteiger partial charge in [0.05, 0.1) is 4.90 Å². The Kier molecular flexibility index (Phi) is 5.49. The predicted molar refractivity (Wildman–Crippen MR) is 97.6 cm³/mol. The lowest BCUT2D eigenvalue weighted by Crippen LogP contribution is -2.40. The average molecular weight is 365 g/mol. The zero-order valence-electron chi connectivity index (χ0n) is 15.1. The number of hydrogen-bond acceptors (Lipinski definition) is 3. The van der Waals surface area contributed by atoms with Gasteiger partial charge in [-0.05, 0) is 48.9 Å². The number of hydrogen-bond donors (Lipinski definition) is 1. The summed E-state index contributed by atoms with van der Waals surface area (Å²) in [5.41, 5.74) is 2.11. The summed E-state index contributed by atoms with van der Waals surface area (Å²) in [5.74, 6) is 0.201. The molecule has 1 aliphatic carbocycles. The van der Waals surface area contributed by atoms with E-state index in [1.807, 2.05) is 17.9 Å². The molecule has 5 nitrogen and oxygen atoms in total. The molecule has 1 aromatic rings. The maximum absolute atomic E-state index is 12.6. The molecule has 138 valence electrons. The predicted octanol–water partition coefficient (Wildman–Crippen LogP) is 2.84. The molecule has 6 heteroatoms. The van der Waals surface area contributed by atoms with Gasteiger partial charge in [0.2, 0.25) is 15.9 Å². The van der Waals surface area contributed by atoms with E-state index >= 15 is 0 Å². The zero-order valence-corrected chi connectivity index (χ0v) is 15.9. The van der Waals surface area contributed by atoms with Crippen molar-refractivity contribution in [3.63, 3.8) is 0 Å². The number of carbonyl (C=O) groups is 1. The molecule has 2 aliphatic rings. The van der Waals surface area contributed by atoms with Crippen LogP contribution in [-0.2, 0) is 27.8 Å². The number of rotatable bonds is 6. The summed E-state index contributed by atoms with van der Waals surface area (Å²) in [7, 11) is -3.47. The second kappa shape index (κ2) is 7.46. The normalized spacial score (nSPS) is 19.2. The van der Waals surface area contributed by atoms with Crippen molar-refractivity contribution < 1.29 is 13.2 Å². The topological polar surface area (TPSA) is 66.5 Å². The van der Waals surface area contributed by atoms with Gasteiger partial charge < -0.3 is 4.90 Å². The third-order valence-corrected chi connectivity index (χ3v) is 6.90. The van der Waals surface area contributed by atoms with Crippen LogP contribution in [0.15, 0.2) is 23.1 Å². The van der Waals surface area contributed by atoms with E-state index in [0.717, 1.165) is 49.7 Å². The van der Waals surface area contributed by atoms with Gasteiger partial charge in [-0.1, -0.05) is 32.8 Å². The minimum atomic E-state index is -3.47. The summed E-state index contributed by atoms with van der Waals surface area (Å²) in [5, 5.41) is 0. The van der Waals surface area contributed by atoms with Crippen LogP contribution < -0.4 is 4.72 Å². The van der Waals surface area contributed by atoms with E-state index in [1.165, 1.54) is 0 Å². The molecule has 0 aromatic heterocycles. The monoisotopic (exact) mass is 364 g/mol. The molecule has 0 spiro atoms. The fraction of sp³-hybridized carbons (Fsp3) is 0.632. The van der Waals surface area contributed by atoms with Crippen LogP contribution in [0.3, 0.4) is 0 Å². The van der Waals surface area contributed by atoms with Gasteiger partial charge in [-0.3, -0.25) is 4.79 Å². The first-order valence-electron chi connectivity index (χ1n) is 9.33. The molecule has 1 N–H and O–H groups in total. The number of nitrogens with zero attached hydrogens (tertiary/aromatic N) is 1. The van der Waals surface area contributed by atoms with Gasteiger partial charge in [0, 0.05) is 25.0 Å². The molecule has 1 saturated carbocycles. The minimum absolute atomic E-state index is 0.0266. The first kappa shape index (κ1) is 18.4. The fourth-order valence-electron chi connectivity index (χ4n) is 3.57. The van der Waals surface area contributed by atoms with Crippen molar-refractivity contribution >= 4 is 15.9 Å². The molecule has 1 heterocycles. The second-order valence-corrected chi connectivity index (χ2v) is 9.09. The van der Waals surface area contributed by atoms with Crippen molar-refractivity contribution in [2.24, 2.45) is 5.92 Å². The highest BCUT2D eigenvalue weighted by Gasteiger charge is 2.28. The van der Waals surface area contributed by atoms with Crippen molar-refractivity contribution in [3.05, 3.63) is 29.3 Å². The van der Waals surface area contributed by atoms with Gasteiger partial charge in [-0.25, -0.2) is 13.1 Å². The first-order valence-corrected chi connectivity index (χ1v) is 10.8. The van der Waals surface area contributed by atoms with Crippen LogP contribution in [0.25, 0.3) is 0 Å². The Morgan fingerprint density at radius 3 is 2.72 bits per heavy atom. The van der Waals surface area contributed by atoms with Crippen LogP contribution in [0.4, 0.5) is 0 Å². The molecule has 0 saturated heterocycles. The smallest absolute Gasteiger partial charge is 0.240 e. The van der Waals surface area contributed by atoms with Gasteiger partial charge in [0.15, 0.2) is 0 Å². The highest BCUT2D eigenvalue weighted by atomic mass is 32.2. The molecule has 1 atom stereocenters. The maximum atomic E-state index is 12.6. The lowest BCUT2D eigenvalue weighted by Gasteiger charge is -2.31. The summed E-state index contributed by atoms with van der Waals surface area (Å²) in [4.78, 5) is 14.8. The number of fused-ring (bicyclic) bond motifs is 1. The van der Waals surface area contributed by atoms with Gasteiger partial charge >= 0.3 is 0 Å². The number of carbonyl (C=O) groups excluding carboxylic acids is 1. The lowest BCUT2D eigenvalue weighted by atomic mass is 9.94. The average Bonchev–Trinajstić information content (AvgIpc) is 2.57. The summed E-state index contributed by atoms with van der Waals surface area (Å²) in [6.07, 6.45) is 5.60. The van der Waals surface area contributed by atoms with Crippen LogP contribution in [0, 0.1) is 5.92 Å².